The Balaban J connectivity index is 1.21. The highest BCUT2D eigenvalue weighted by Gasteiger charge is 2.18. The van der Waals surface area contributed by atoms with Gasteiger partial charge >= 0.3 is 11.8 Å². The van der Waals surface area contributed by atoms with E-state index in [0.717, 1.165) is 11.1 Å². The number of carbonyl (C=O) groups is 1. The lowest BCUT2D eigenvalue weighted by Gasteiger charge is -2.04. The van der Waals surface area contributed by atoms with Gasteiger partial charge in [-0.15, -0.1) is 10.2 Å². The molecule has 0 unspecified atom stereocenters. The van der Waals surface area contributed by atoms with Crippen molar-refractivity contribution >= 4 is 5.91 Å². The molecule has 28 heavy (non-hydrogen) atoms. The molecule has 1 N–H and O–H groups in total. The van der Waals surface area contributed by atoms with E-state index in [1.54, 1.807) is 6.07 Å². The van der Waals surface area contributed by atoms with Gasteiger partial charge in [-0.05, 0) is 35.4 Å². The molecule has 2 aliphatic rings. The monoisotopic (exact) mass is 381 g/mol. The Morgan fingerprint density at radius 2 is 1.50 bits per heavy atom. The summed E-state index contributed by atoms with van der Waals surface area (Å²) in [6.45, 7) is 0.724. The molecule has 1 amide bonds. The fraction of sp³-hybridized carbons (Fsp3) is 0.211. The summed E-state index contributed by atoms with van der Waals surface area (Å²) in [6.07, 6.45) is 0.388. The van der Waals surface area contributed by atoms with Crippen molar-refractivity contribution in [3.8, 4) is 23.0 Å². The summed E-state index contributed by atoms with van der Waals surface area (Å²) in [5, 5.41) is 10.5. The van der Waals surface area contributed by atoms with E-state index in [9.17, 15) is 4.79 Å². The lowest BCUT2D eigenvalue weighted by atomic mass is 10.1. The van der Waals surface area contributed by atoms with Gasteiger partial charge in [0.25, 0.3) is 0 Å². The maximum atomic E-state index is 12.3. The standard InChI is InChI=1S/C19H15N3O6/c23-18(20-8-12-2-4-14-16(6-12)27-10-25-14)19-22-21-17(28-19)7-11-1-3-13-15(5-11)26-9-24-13/h1-6H,7-10H2,(H,20,23). The van der Waals surface area contributed by atoms with E-state index in [0.29, 0.717) is 41.9 Å². The minimum atomic E-state index is -0.442. The molecule has 3 aromatic rings. The quantitative estimate of drug-likeness (QED) is 0.716. The summed E-state index contributed by atoms with van der Waals surface area (Å²) in [7, 11) is 0. The second-order valence-electron chi connectivity index (χ2n) is 6.24. The van der Waals surface area contributed by atoms with E-state index in [2.05, 4.69) is 15.5 Å². The second-order valence-corrected chi connectivity index (χ2v) is 6.24. The van der Waals surface area contributed by atoms with Gasteiger partial charge in [-0.3, -0.25) is 4.79 Å². The van der Waals surface area contributed by atoms with E-state index < -0.39 is 5.91 Å². The lowest BCUT2D eigenvalue weighted by Crippen LogP contribution is -2.23. The Morgan fingerprint density at radius 1 is 0.857 bits per heavy atom. The molecule has 9 heteroatoms. The third-order valence-corrected chi connectivity index (χ3v) is 4.34. The normalized spacial score (nSPS) is 13.6. The molecule has 5 rings (SSSR count). The molecule has 9 nitrogen and oxygen atoms in total. The molecule has 0 aliphatic carbocycles. The van der Waals surface area contributed by atoms with Gasteiger partial charge in [-0.1, -0.05) is 12.1 Å². The number of nitrogens with zero attached hydrogens (tertiary/aromatic N) is 2. The van der Waals surface area contributed by atoms with Gasteiger partial charge in [0, 0.05) is 6.54 Å². The Kier molecular flexibility index (Phi) is 3.97. The van der Waals surface area contributed by atoms with Crippen LogP contribution in [0.4, 0.5) is 0 Å². The maximum absolute atomic E-state index is 12.3. The number of hydrogen-bond donors (Lipinski definition) is 1. The molecule has 3 heterocycles. The number of carbonyl (C=O) groups excluding carboxylic acids is 1. The number of rotatable bonds is 5. The maximum Gasteiger partial charge on any atom is 0.309 e. The predicted molar refractivity (Wildman–Crippen MR) is 93.4 cm³/mol. The molecule has 2 aliphatic heterocycles. The molecule has 142 valence electrons. The molecule has 0 saturated heterocycles. The summed E-state index contributed by atoms with van der Waals surface area (Å²) in [6, 6.07) is 11.0. The minimum Gasteiger partial charge on any atom is -0.454 e. The van der Waals surface area contributed by atoms with Crippen LogP contribution in [0.2, 0.25) is 0 Å². The number of hydrogen-bond acceptors (Lipinski definition) is 8. The van der Waals surface area contributed by atoms with Crippen LogP contribution < -0.4 is 24.3 Å². The van der Waals surface area contributed by atoms with Crippen LogP contribution in [0, 0.1) is 0 Å². The van der Waals surface area contributed by atoms with Crippen LogP contribution in [-0.2, 0) is 13.0 Å². The molecule has 0 fully saturated rings. The van der Waals surface area contributed by atoms with Crippen LogP contribution in [0.25, 0.3) is 0 Å². The smallest absolute Gasteiger partial charge is 0.309 e. The molecule has 0 spiro atoms. The van der Waals surface area contributed by atoms with E-state index in [1.807, 2.05) is 30.3 Å². The summed E-state index contributed by atoms with van der Waals surface area (Å²) in [5.41, 5.74) is 1.79. The molecule has 0 bridgehead atoms. The zero-order valence-electron chi connectivity index (χ0n) is 14.6. The Bertz CT molecular complexity index is 1050. The SMILES string of the molecule is O=C(NCc1ccc2c(c1)OCO2)c1nnc(Cc2ccc3c(c2)OCO3)o1. The van der Waals surface area contributed by atoms with Crippen LogP contribution in [0.1, 0.15) is 27.7 Å². The number of nitrogens with one attached hydrogen (secondary N) is 1. The fourth-order valence-electron chi connectivity index (χ4n) is 2.95. The highest BCUT2D eigenvalue weighted by molar-refractivity contribution is 5.89. The van der Waals surface area contributed by atoms with E-state index >= 15 is 0 Å². The minimum absolute atomic E-state index is 0.0866. The van der Waals surface area contributed by atoms with Crippen molar-refractivity contribution in [2.24, 2.45) is 0 Å². The lowest BCUT2D eigenvalue weighted by molar-refractivity contribution is 0.0914. The zero-order chi connectivity index (χ0) is 18.9. The van der Waals surface area contributed by atoms with Crippen molar-refractivity contribution in [2.45, 2.75) is 13.0 Å². The van der Waals surface area contributed by atoms with Gasteiger partial charge in [0.2, 0.25) is 19.5 Å². The van der Waals surface area contributed by atoms with Gasteiger partial charge < -0.3 is 28.7 Å². The van der Waals surface area contributed by atoms with Crippen molar-refractivity contribution in [1.82, 2.24) is 15.5 Å². The summed E-state index contributed by atoms with van der Waals surface area (Å²) in [4.78, 5) is 12.3. The number of aromatic nitrogens is 2. The van der Waals surface area contributed by atoms with Crippen molar-refractivity contribution in [3.05, 3.63) is 59.3 Å². The van der Waals surface area contributed by atoms with Gasteiger partial charge in [0.15, 0.2) is 23.0 Å². The Hall–Kier alpha value is -3.75. The predicted octanol–water partition coefficient (Wildman–Crippen LogP) is 2.05. The molecule has 2 aromatic carbocycles. The summed E-state index contributed by atoms with van der Waals surface area (Å²) in [5.74, 6) is 2.55. The first-order valence-electron chi connectivity index (χ1n) is 8.62. The van der Waals surface area contributed by atoms with Crippen molar-refractivity contribution in [2.75, 3.05) is 13.6 Å². The highest BCUT2D eigenvalue weighted by atomic mass is 16.7. The third kappa shape index (κ3) is 3.18. The number of fused-ring (bicyclic) bond motifs is 2. The first kappa shape index (κ1) is 16.4. The van der Waals surface area contributed by atoms with Crippen molar-refractivity contribution in [3.63, 3.8) is 0 Å². The average molecular weight is 381 g/mol. The fourth-order valence-corrected chi connectivity index (χ4v) is 2.95. The number of benzene rings is 2. The highest BCUT2D eigenvalue weighted by Crippen LogP contribution is 2.33. The van der Waals surface area contributed by atoms with Gasteiger partial charge in [0.05, 0.1) is 6.42 Å². The van der Waals surface area contributed by atoms with E-state index in [1.165, 1.54) is 0 Å². The van der Waals surface area contributed by atoms with Crippen LogP contribution in [0.3, 0.4) is 0 Å². The molecule has 0 radical (unpaired) electrons. The van der Waals surface area contributed by atoms with Crippen LogP contribution >= 0.6 is 0 Å². The first-order chi connectivity index (χ1) is 13.7. The van der Waals surface area contributed by atoms with E-state index in [4.69, 9.17) is 23.4 Å². The topological polar surface area (TPSA) is 105 Å². The van der Waals surface area contributed by atoms with Crippen LogP contribution in [-0.4, -0.2) is 29.7 Å². The summed E-state index contributed by atoms with van der Waals surface area (Å²) >= 11 is 0. The number of ether oxygens (including phenoxy) is 4. The van der Waals surface area contributed by atoms with E-state index in [-0.39, 0.29) is 19.5 Å². The molecular weight excluding hydrogens is 366 g/mol. The molecule has 1 aromatic heterocycles. The van der Waals surface area contributed by atoms with Crippen LogP contribution in [0.5, 0.6) is 23.0 Å². The van der Waals surface area contributed by atoms with Crippen molar-refractivity contribution in [1.29, 1.82) is 0 Å². The van der Waals surface area contributed by atoms with Gasteiger partial charge in [-0.2, -0.15) is 0 Å². The van der Waals surface area contributed by atoms with Gasteiger partial charge in [0.1, 0.15) is 0 Å². The zero-order valence-corrected chi connectivity index (χ0v) is 14.6. The van der Waals surface area contributed by atoms with Crippen LogP contribution in [0.15, 0.2) is 40.8 Å². The Morgan fingerprint density at radius 3 is 2.25 bits per heavy atom. The number of amides is 1. The van der Waals surface area contributed by atoms with Crippen molar-refractivity contribution < 1.29 is 28.2 Å². The second kappa shape index (κ2) is 6.76. The average Bonchev–Trinajstić information content (AvgIpc) is 3.45. The molecule has 0 atom stereocenters. The summed E-state index contributed by atoms with van der Waals surface area (Å²) < 4.78 is 26.7. The van der Waals surface area contributed by atoms with Gasteiger partial charge in [-0.25, -0.2) is 0 Å². The Labute approximate surface area is 159 Å². The molecular formula is C19H15N3O6. The largest absolute Gasteiger partial charge is 0.454 e. The molecule has 0 saturated carbocycles. The third-order valence-electron chi connectivity index (χ3n) is 4.34. The first-order valence-corrected chi connectivity index (χ1v) is 8.62.